The van der Waals surface area contributed by atoms with E-state index >= 15 is 0 Å². The molecule has 1 rings (SSSR count). The molecular formula is C12H24FN. The van der Waals surface area contributed by atoms with Crippen LogP contribution in [-0.2, 0) is 0 Å². The van der Waals surface area contributed by atoms with Crippen LogP contribution in [0.25, 0.3) is 0 Å². The smallest absolute Gasteiger partial charge is 0.100 e. The Labute approximate surface area is 87.5 Å². The summed E-state index contributed by atoms with van der Waals surface area (Å²) in [5.41, 5.74) is 0. The van der Waals surface area contributed by atoms with Crippen LogP contribution < -0.4 is 5.32 Å². The SMILES string of the molecule is CCCCCNCC1CCC(F)CC1. The summed E-state index contributed by atoms with van der Waals surface area (Å²) in [5.74, 6) is 0.739. The molecule has 0 aliphatic heterocycles. The molecule has 0 radical (unpaired) electrons. The molecule has 14 heavy (non-hydrogen) atoms. The second kappa shape index (κ2) is 7.22. The van der Waals surface area contributed by atoms with Gasteiger partial charge in [0.15, 0.2) is 0 Å². The lowest BCUT2D eigenvalue weighted by Crippen LogP contribution is -2.27. The van der Waals surface area contributed by atoms with Crippen molar-refractivity contribution in [2.75, 3.05) is 13.1 Å². The van der Waals surface area contributed by atoms with Crippen molar-refractivity contribution in [3.8, 4) is 0 Å². The van der Waals surface area contributed by atoms with Crippen molar-refractivity contribution < 1.29 is 4.39 Å². The highest BCUT2D eigenvalue weighted by Gasteiger charge is 2.19. The van der Waals surface area contributed by atoms with Gasteiger partial charge in [-0.3, -0.25) is 0 Å². The first-order valence-corrected chi connectivity index (χ1v) is 6.17. The van der Waals surface area contributed by atoms with E-state index in [2.05, 4.69) is 12.2 Å². The molecule has 0 amide bonds. The predicted octanol–water partition coefficient (Wildman–Crippen LogP) is 3.29. The van der Waals surface area contributed by atoms with Gasteiger partial charge in [-0.25, -0.2) is 4.39 Å². The Morgan fingerprint density at radius 1 is 1.14 bits per heavy atom. The Hall–Kier alpha value is -0.110. The van der Waals surface area contributed by atoms with E-state index in [0.717, 1.165) is 44.7 Å². The number of hydrogen-bond acceptors (Lipinski definition) is 1. The molecule has 0 unspecified atom stereocenters. The molecule has 1 fully saturated rings. The molecule has 0 spiro atoms. The van der Waals surface area contributed by atoms with Crippen LogP contribution in [0.2, 0.25) is 0 Å². The van der Waals surface area contributed by atoms with Gasteiger partial charge in [0, 0.05) is 0 Å². The number of rotatable bonds is 6. The van der Waals surface area contributed by atoms with E-state index in [0.29, 0.717) is 0 Å². The fourth-order valence-corrected chi connectivity index (χ4v) is 2.13. The van der Waals surface area contributed by atoms with Crippen LogP contribution in [0.1, 0.15) is 51.9 Å². The summed E-state index contributed by atoms with van der Waals surface area (Å²) in [6.07, 6.45) is 7.15. The molecule has 0 aromatic carbocycles. The van der Waals surface area contributed by atoms with Crippen molar-refractivity contribution >= 4 is 0 Å². The first-order chi connectivity index (χ1) is 6.83. The van der Waals surface area contributed by atoms with Crippen molar-refractivity contribution in [1.29, 1.82) is 0 Å². The van der Waals surface area contributed by atoms with Gasteiger partial charge in [-0.1, -0.05) is 19.8 Å². The second-order valence-electron chi connectivity index (χ2n) is 4.53. The van der Waals surface area contributed by atoms with E-state index in [1.807, 2.05) is 0 Å². The molecule has 0 heterocycles. The van der Waals surface area contributed by atoms with E-state index < -0.39 is 6.17 Å². The Balaban J connectivity index is 1.91. The molecular weight excluding hydrogens is 177 g/mol. The third-order valence-corrected chi connectivity index (χ3v) is 3.17. The molecule has 0 aromatic heterocycles. The molecule has 1 nitrogen and oxygen atoms in total. The highest BCUT2D eigenvalue weighted by molar-refractivity contribution is 4.73. The Morgan fingerprint density at radius 2 is 1.86 bits per heavy atom. The Kier molecular flexibility index (Phi) is 6.17. The van der Waals surface area contributed by atoms with E-state index in [1.165, 1.54) is 19.3 Å². The summed E-state index contributed by atoms with van der Waals surface area (Å²) in [5, 5.41) is 3.48. The molecule has 0 atom stereocenters. The molecule has 1 saturated carbocycles. The monoisotopic (exact) mass is 201 g/mol. The fourth-order valence-electron chi connectivity index (χ4n) is 2.13. The van der Waals surface area contributed by atoms with Gasteiger partial charge in [0.2, 0.25) is 0 Å². The zero-order valence-electron chi connectivity index (χ0n) is 9.40. The quantitative estimate of drug-likeness (QED) is 0.650. The van der Waals surface area contributed by atoms with E-state index in [4.69, 9.17) is 0 Å². The third-order valence-electron chi connectivity index (χ3n) is 3.17. The van der Waals surface area contributed by atoms with Crippen LogP contribution in [0.3, 0.4) is 0 Å². The van der Waals surface area contributed by atoms with Crippen molar-refractivity contribution in [2.45, 2.75) is 58.0 Å². The summed E-state index contributed by atoms with van der Waals surface area (Å²) < 4.78 is 12.8. The molecule has 0 bridgehead atoms. The van der Waals surface area contributed by atoms with E-state index in [-0.39, 0.29) is 0 Å². The topological polar surface area (TPSA) is 12.0 Å². The number of alkyl halides is 1. The van der Waals surface area contributed by atoms with Crippen LogP contribution in [0, 0.1) is 5.92 Å². The summed E-state index contributed by atoms with van der Waals surface area (Å²) in [6.45, 7) is 4.47. The van der Waals surface area contributed by atoms with Crippen LogP contribution in [-0.4, -0.2) is 19.3 Å². The first-order valence-electron chi connectivity index (χ1n) is 6.17. The predicted molar refractivity (Wildman–Crippen MR) is 59.2 cm³/mol. The Morgan fingerprint density at radius 3 is 2.50 bits per heavy atom. The van der Waals surface area contributed by atoms with Crippen molar-refractivity contribution in [1.82, 2.24) is 5.32 Å². The van der Waals surface area contributed by atoms with Gasteiger partial charge in [-0.15, -0.1) is 0 Å². The average molecular weight is 201 g/mol. The van der Waals surface area contributed by atoms with Gasteiger partial charge in [-0.05, 0) is 51.1 Å². The highest BCUT2D eigenvalue weighted by Crippen LogP contribution is 2.25. The van der Waals surface area contributed by atoms with E-state index in [9.17, 15) is 4.39 Å². The highest BCUT2D eigenvalue weighted by atomic mass is 19.1. The van der Waals surface area contributed by atoms with E-state index in [1.54, 1.807) is 0 Å². The van der Waals surface area contributed by atoms with Crippen LogP contribution in [0.5, 0.6) is 0 Å². The molecule has 1 aliphatic rings. The van der Waals surface area contributed by atoms with Crippen LogP contribution in [0.15, 0.2) is 0 Å². The van der Waals surface area contributed by atoms with Gasteiger partial charge in [0.05, 0.1) is 0 Å². The van der Waals surface area contributed by atoms with Crippen molar-refractivity contribution in [3.63, 3.8) is 0 Å². The molecule has 0 saturated heterocycles. The summed E-state index contributed by atoms with van der Waals surface area (Å²) >= 11 is 0. The lowest BCUT2D eigenvalue weighted by Gasteiger charge is -2.24. The number of halogens is 1. The van der Waals surface area contributed by atoms with Gasteiger partial charge < -0.3 is 5.32 Å². The number of hydrogen-bond donors (Lipinski definition) is 1. The largest absolute Gasteiger partial charge is 0.316 e. The molecule has 0 aromatic rings. The van der Waals surface area contributed by atoms with Crippen molar-refractivity contribution in [2.24, 2.45) is 5.92 Å². The molecule has 2 heteroatoms. The minimum Gasteiger partial charge on any atom is -0.316 e. The molecule has 1 N–H and O–H groups in total. The van der Waals surface area contributed by atoms with Crippen LogP contribution >= 0.6 is 0 Å². The summed E-state index contributed by atoms with van der Waals surface area (Å²) in [4.78, 5) is 0. The fraction of sp³-hybridized carbons (Fsp3) is 1.00. The van der Waals surface area contributed by atoms with Gasteiger partial charge in [0.1, 0.15) is 6.17 Å². The van der Waals surface area contributed by atoms with Crippen LogP contribution in [0.4, 0.5) is 4.39 Å². The average Bonchev–Trinajstić information content (AvgIpc) is 2.21. The maximum absolute atomic E-state index is 12.8. The first kappa shape index (κ1) is 12.0. The zero-order valence-corrected chi connectivity index (χ0v) is 9.40. The van der Waals surface area contributed by atoms with Crippen molar-refractivity contribution in [3.05, 3.63) is 0 Å². The van der Waals surface area contributed by atoms with Gasteiger partial charge in [-0.2, -0.15) is 0 Å². The maximum Gasteiger partial charge on any atom is 0.100 e. The second-order valence-corrected chi connectivity index (χ2v) is 4.53. The normalized spacial score (nSPS) is 27.9. The summed E-state index contributed by atoms with van der Waals surface area (Å²) in [7, 11) is 0. The molecule has 1 aliphatic carbocycles. The number of nitrogens with one attached hydrogen (secondary N) is 1. The Bertz CT molecular complexity index is 130. The standard InChI is InChI=1S/C12H24FN/c1-2-3-4-9-14-10-11-5-7-12(13)8-6-11/h11-12,14H,2-10H2,1H3. The maximum atomic E-state index is 12.8. The lowest BCUT2D eigenvalue weighted by molar-refractivity contribution is 0.204. The minimum atomic E-state index is -0.508. The molecule has 84 valence electrons. The number of unbranched alkanes of at least 4 members (excludes halogenated alkanes) is 2. The third kappa shape index (κ3) is 4.94. The lowest BCUT2D eigenvalue weighted by atomic mass is 9.88. The van der Waals surface area contributed by atoms with Gasteiger partial charge >= 0.3 is 0 Å². The summed E-state index contributed by atoms with van der Waals surface area (Å²) in [6, 6.07) is 0. The van der Waals surface area contributed by atoms with Gasteiger partial charge in [0.25, 0.3) is 0 Å². The zero-order chi connectivity index (χ0) is 10.2. The minimum absolute atomic E-state index is 0.508.